The molecule has 0 aromatic heterocycles. The number of fused-ring (bicyclic) bond motifs is 2. The van der Waals surface area contributed by atoms with Gasteiger partial charge in [0.15, 0.2) is 0 Å². The first-order valence-electron chi connectivity index (χ1n) is 7.77. The van der Waals surface area contributed by atoms with E-state index in [2.05, 4.69) is 5.32 Å². The van der Waals surface area contributed by atoms with E-state index in [0.29, 0.717) is 12.3 Å². The van der Waals surface area contributed by atoms with Crippen LogP contribution >= 0.6 is 11.8 Å². The van der Waals surface area contributed by atoms with Crippen LogP contribution in [0.15, 0.2) is 48.5 Å². The largest absolute Gasteiger partial charge is 0.494 e. The third kappa shape index (κ3) is 2.03. The van der Waals surface area contributed by atoms with Gasteiger partial charge in [0.2, 0.25) is 10.8 Å². The number of rotatable bonds is 3. The molecule has 2 aliphatic rings. The molecular formula is C18H16N2O3S. The van der Waals surface area contributed by atoms with Gasteiger partial charge in [0, 0.05) is 16.9 Å². The lowest BCUT2D eigenvalue weighted by molar-refractivity contribution is -0.122. The van der Waals surface area contributed by atoms with Gasteiger partial charge in [-0.1, -0.05) is 18.2 Å². The molecule has 1 fully saturated rings. The van der Waals surface area contributed by atoms with Crippen LogP contribution < -0.4 is 15.0 Å². The zero-order valence-corrected chi connectivity index (χ0v) is 13.9. The lowest BCUT2D eigenvalue weighted by atomic mass is 10.0. The van der Waals surface area contributed by atoms with Crippen molar-refractivity contribution in [3.8, 4) is 5.75 Å². The van der Waals surface area contributed by atoms with E-state index in [9.17, 15) is 9.59 Å². The second-order valence-electron chi connectivity index (χ2n) is 5.59. The molecule has 1 atom stereocenters. The second-order valence-corrected chi connectivity index (χ2v) is 6.76. The van der Waals surface area contributed by atoms with Crippen molar-refractivity contribution in [3.63, 3.8) is 0 Å². The predicted octanol–water partition coefficient (Wildman–Crippen LogP) is 2.97. The number of thioether (sulfide) groups is 1. The highest BCUT2D eigenvalue weighted by atomic mass is 32.2. The molecule has 6 heteroatoms. The lowest BCUT2D eigenvalue weighted by Crippen LogP contribution is -2.47. The molecule has 0 aliphatic carbocycles. The molecule has 122 valence electrons. The minimum Gasteiger partial charge on any atom is -0.494 e. The average molecular weight is 340 g/mol. The highest BCUT2D eigenvalue weighted by Crippen LogP contribution is 2.53. The van der Waals surface area contributed by atoms with Gasteiger partial charge in [-0.15, -0.1) is 11.8 Å². The van der Waals surface area contributed by atoms with E-state index in [4.69, 9.17) is 4.74 Å². The second kappa shape index (κ2) is 5.56. The van der Waals surface area contributed by atoms with Gasteiger partial charge >= 0.3 is 0 Å². The molecule has 2 aromatic rings. The molecule has 2 aliphatic heterocycles. The van der Waals surface area contributed by atoms with Gasteiger partial charge in [0.05, 0.1) is 12.4 Å². The number of nitrogens with one attached hydrogen (secondary N) is 1. The Balaban J connectivity index is 1.81. The van der Waals surface area contributed by atoms with E-state index in [1.54, 1.807) is 4.90 Å². The first kappa shape index (κ1) is 15.1. The summed E-state index contributed by atoms with van der Waals surface area (Å²) >= 11 is 1.36. The standard InChI is InChI=1S/C18H16N2O3S/c1-2-23-13-9-7-12(8-10-13)20-16(21)11-24-18(20)14-5-3-4-6-15(14)19-17(18)22/h3-10H,2,11H2,1H3,(H,19,22)/t18-/m1/s1. The molecule has 5 nitrogen and oxygen atoms in total. The Bertz CT molecular complexity index is 821. The minimum absolute atomic E-state index is 0.0731. The van der Waals surface area contributed by atoms with Crippen LogP contribution in [0.2, 0.25) is 0 Å². The van der Waals surface area contributed by atoms with Crippen LogP contribution in [0.3, 0.4) is 0 Å². The maximum Gasteiger partial charge on any atom is 0.266 e. The van der Waals surface area contributed by atoms with Gasteiger partial charge in [-0.3, -0.25) is 14.5 Å². The van der Waals surface area contributed by atoms with Crippen molar-refractivity contribution in [3.05, 3.63) is 54.1 Å². The summed E-state index contributed by atoms with van der Waals surface area (Å²) in [5.41, 5.74) is 2.29. The summed E-state index contributed by atoms with van der Waals surface area (Å²) in [6.45, 7) is 2.50. The number of ether oxygens (including phenoxy) is 1. The van der Waals surface area contributed by atoms with Crippen molar-refractivity contribution in [1.29, 1.82) is 0 Å². The van der Waals surface area contributed by atoms with Crippen molar-refractivity contribution < 1.29 is 14.3 Å². The van der Waals surface area contributed by atoms with Crippen LogP contribution in [0.1, 0.15) is 12.5 Å². The van der Waals surface area contributed by atoms with E-state index in [-0.39, 0.29) is 17.6 Å². The summed E-state index contributed by atoms with van der Waals surface area (Å²) in [7, 11) is 0. The fourth-order valence-electron chi connectivity index (χ4n) is 3.24. The van der Waals surface area contributed by atoms with Crippen molar-refractivity contribution in [2.45, 2.75) is 11.8 Å². The van der Waals surface area contributed by atoms with Crippen molar-refractivity contribution in [2.75, 3.05) is 22.6 Å². The number of anilines is 2. The molecule has 2 heterocycles. The Morgan fingerprint density at radius 1 is 1.17 bits per heavy atom. The summed E-state index contributed by atoms with van der Waals surface area (Å²) in [6.07, 6.45) is 0. The van der Waals surface area contributed by atoms with Gasteiger partial charge in [-0.25, -0.2) is 0 Å². The van der Waals surface area contributed by atoms with Crippen molar-refractivity contribution >= 4 is 35.0 Å². The summed E-state index contributed by atoms with van der Waals surface area (Å²) in [4.78, 5) is 26.0. The van der Waals surface area contributed by atoms with E-state index < -0.39 is 4.87 Å². The number of hydrogen-bond donors (Lipinski definition) is 1. The Kier molecular flexibility index (Phi) is 3.49. The molecule has 1 N–H and O–H groups in total. The average Bonchev–Trinajstić information content (AvgIpc) is 3.08. The van der Waals surface area contributed by atoms with Gasteiger partial charge in [-0.05, 0) is 37.3 Å². The van der Waals surface area contributed by atoms with Crippen LogP contribution in [0.4, 0.5) is 11.4 Å². The minimum atomic E-state index is -1.03. The number of carbonyl (C=O) groups is 2. The Morgan fingerprint density at radius 3 is 2.67 bits per heavy atom. The number of amides is 2. The normalized spacial score (nSPS) is 22.0. The monoisotopic (exact) mass is 340 g/mol. The number of nitrogens with zero attached hydrogens (tertiary/aromatic N) is 1. The predicted molar refractivity (Wildman–Crippen MR) is 94.3 cm³/mol. The third-order valence-electron chi connectivity index (χ3n) is 4.22. The zero-order valence-electron chi connectivity index (χ0n) is 13.1. The van der Waals surface area contributed by atoms with E-state index >= 15 is 0 Å². The topological polar surface area (TPSA) is 58.6 Å². The lowest BCUT2D eigenvalue weighted by Gasteiger charge is -2.32. The molecule has 1 spiro atoms. The Labute approximate surface area is 144 Å². The van der Waals surface area contributed by atoms with Crippen molar-refractivity contribution in [2.24, 2.45) is 0 Å². The highest BCUT2D eigenvalue weighted by Gasteiger charge is 2.58. The maximum atomic E-state index is 12.8. The third-order valence-corrected chi connectivity index (χ3v) is 5.62. The van der Waals surface area contributed by atoms with Gasteiger partial charge in [0.1, 0.15) is 5.75 Å². The Morgan fingerprint density at radius 2 is 1.92 bits per heavy atom. The Hall–Kier alpha value is -2.47. The number of hydrogen-bond acceptors (Lipinski definition) is 4. The molecule has 0 radical (unpaired) electrons. The van der Waals surface area contributed by atoms with E-state index in [1.807, 2.05) is 55.5 Å². The molecule has 0 unspecified atom stereocenters. The molecule has 2 amide bonds. The number of para-hydroxylation sites is 1. The molecule has 0 bridgehead atoms. The van der Waals surface area contributed by atoms with Crippen LogP contribution in [0, 0.1) is 0 Å². The first-order valence-corrected chi connectivity index (χ1v) is 8.76. The van der Waals surface area contributed by atoms with Gasteiger partial charge in [-0.2, -0.15) is 0 Å². The van der Waals surface area contributed by atoms with E-state index in [0.717, 1.165) is 17.0 Å². The number of benzene rings is 2. The van der Waals surface area contributed by atoms with E-state index in [1.165, 1.54) is 11.8 Å². The summed E-state index contributed by atoms with van der Waals surface area (Å²) < 4.78 is 5.46. The molecule has 24 heavy (non-hydrogen) atoms. The van der Waals surface area contributed by atoms with Crippen LogP contribution in [0.25, 0.3) is 0 Å². The fourth-order valence-corrected chi connectivity index (χ4v) is 4.55. The number of carbonyl (C=O) groups excluding carboxylic acids is 2. The fraction of sp³-hybridized carbons (Fsp3) is 0.222. The highest BCUT2D eigenvalue weighted by molar-refractivity contribution is 8.02. The maximum absolute atomic E-state index is 12.8. The molecule has 2 aromatic carbocycles. The zero-order chi connectivity index (χ0) is 16.7. The molecule has 1 saturated heterocycles. The van der Waals surface area contributed by atoms with Gasteiger partial charge < -0.3 is 10.1 Å². The summed E-state index contributed by atoms with van der Waals surface area (Å²) in [5, 5.41) is 2.90. The quantitative estimate of drug-likeness (QED) is 0.933. The SMILES string of the molecule is CCOc1ccc(N2C(=O)CS[C@]23C(=O)Nc2ccccc23)cc1. The van der Waals surface area contributed by atoms with Crippen LogP contribution in [0.5, 0.6) is 5.75 Å². The summed E-state index contributed by atoms with van der Waals surface area (Å²) in [6, 6.07) is 14.8. The molecular weight excluding hydrogens is 324 g/mol. The molecule has 4 rings (SSSR count). The first-order chi connectivity index (χ1) is 11.7. The summed E-state index contributed by atoms with van der Waals surface area (Å²) in [5.74, 6) is 0.768. The van der Waals surface area contributed by atoms with Crippen LogP contribution in [-0.2, 0) is 14.5 Å². The molecule has 0 saturated carbocycles. The van der Waals surface area contributed by atoms with Gasteiger partial charge in [0.25, 0.3) is 5.91 Å². The smallest absolute Gasteiger partial charge is 0.266 e. The van der Waals surface area contributed by atoms with Crippen molar-refractivity contribution in [1.82, 2.24) is 0 Å². The van der Waals surface area contributed by atoms with Crippen LogP contribution in [-0.4, -0.2) is 24.2 Å².